The molecule has 0 radical (unpaired) electrons. The molecule has 1 amide bonds. The largest absolute Gasteiger partial charge is 0.481 e. The van der Waals surface area contributed by atoms with Crippen LogP contribution >= 0.6 is 0 Å². The number of rotatable bonds is 8. The summed E-state index contributed by atoms with van der Waals surface area (Å²) in [7, 11) is 1.96. The molecule has 0 atom stereocenters. The Balaban J connectivity index is 2.05. The van der Waals surface area contributed by atoms with Crippen molar-refractivity contribution in [2.45, 2.75) is 25.7 Å². The molecule has 0 aromatic carbocycles. The monoisotopic (exact) mass is 272 g/mol. The lowest BCUT2D eigenvalue weighted by Gasteiger charge is -2.27. The van der Waals surface area contributed by atoms with E-state index in [0.29, 0.717) is 39.1 Å². The molecule has 1 heterocycles. The SMILES string of the molecule is CN(CCCC(=O)O)CCCC(=O)N1CCOCC1. The van der Waals surface area contributed by atoms with Crippen LogP contribution in [0.2, 0.25) is 0 Å². The fraction of sp³-hybridized carbons (Fsp3) is 0.846. The van der Waals surface area contributed by atoms with Gasteiger partial charge in [-0.3, -0.25) is 9.59 Å². The highest BCUT2D eigenvalue weighted by atomic mass is 16.5. The maximum atomic E-state index is 11.9. The van der Waals surface area contributed by atoms with E-state index in [2.05, 4.69) is 4.90 Å². The van der Waals surface area contributed by atoms with E-state index in [1.54, 1.807) is 0 Å². The van der Waals surface area contributed by atoms with E-state index in [1.807, 2.05) is 11.9 Å². The standard InChI is InChI=1S/C13H24N2O4/c1-14(7-3-5-13(17)18)6-2-4-12(16)15-8-10-19-11-9-15/h2-11H2,1H3,(H,17,18). The van der Waals surface area contributed by atoms with E-state index in [4.69, 9.17) is 9.84 Å². The van der Waals surface area contributed by atoms with Gasteiger partial charge in [-0.15, -0.1) is 0 Å². The summed E-state index contributed by atoms with van der Waals surface area (Å²) in [6.07, 6.45) is 2.24. The lowest BCUT2D eigenvalue weighted by Crippen LogP contribution is -2.40. The van der Waals surface area contributed by atoms with E-state index in [1.165, 1.54) is 0 Å². The zero-order chi connectivity index (χ0) is 14.1. The van der Waals surface area contributed by atoms with Gasteiger partial charge in [0.05, 0.1) is 13.2 Å². The van der Waals surface area contributed by atoms with Crippen molar-refractivity contribution in [1.29, 1.82) is 0 Å². The number of aliphatic carboxylic acids is 1. The Morgan fingerprint density at radius 3 is 2.32 bits per heavy atom. The number of carboxylic acid groups (broad SMARTS) is 1. The Morgan fingerprint density at radius 2 is 1.74 bits per heavy atom. The highest BCUT2D eigenvalue weighted by molar-refractivity contribution is 5.76. The lowest BCUT2D eigenvalue weighted by molar-refractivity contribution is -0.137. The van der Waals surface area contributed by atoms with Crippen molar-refractivity contribution in [3.8, 4) is 0 Å². The fourth-order valence-corrected chi connectivity index (χ4v) is 2.08. The second-order valence-electron chi connectivity index (χ2n) is 4.90. The Bertz CT molecular complexity index is 290. The van der Waals surface area contributed by atoms with Gasteiger partial charge in [0.25, 0.3) is 0 Å². The number of carboxylic acids is 1. The van der Waals surface area contributed by atoms with Gasteiger partial charge >= 0.3 is 5.97 Å². The zero-order valence-electron chi connectivity index (χ0n) is 11.6. The van der Waals surface area contributed by atoms with Gasteiger partial charge < -0.3 is 19.6 Å². The Morgan fingerprint density at radius 1 is 1.16 bits per heavy atom. The number of ether oxygens (including phenoxy) is 1. The van der Waals surface area contributed by atoms with Crippen LogP contribution in [0.1, 0.15) is 25.7 Å². The van der Waals surface area contributed by atoms with Crippen LogP contribution in [0, 0.1) is 0 Å². The van der Waals surface area contributed by atoms with Crippen molar-refractivity contribution in [2.24, 2.45) is 0 Å². The van der Waals surface area contributed by atoms with Crippen LogP contribution in [0.5, 0.6) is 0 Å². The summed E-state index contributed by atoms with van der Waals surface area (Å²) in [4.78, 5) is 26.2. The normalized spacial score (nSPS) is 15.8. The minimum Gasteiger partial charge on any atom is -0.481 e. The fourth-order valence-electron chi connectivity index (χ4n) is 2.08. The molecular formula is C13H24N2O4. The van der Waals surface area contributed by atoms with Crippen molar-refractivity contribution in [3.05, 3.63) is 0 Å². The number of nitrogens with zero attached hydrogens (tertiary/aromatic N) is 2. The Hall–Kier alpha value is -1.14. The Kier molecular flexibility index (Phi) is 7.43. The maximum absolute atomic E-state index is 11.9. The average Bonchev–Trinajstić information content (AvgIpc) is 2.39. The minimum atomic E-state index is -0.754. The summed E-state index contributed by atoms with van der Waals surface area (Å²) in [6, 6.07) is 0. The van der Waals surface area contributed by atoms with Crippen LogP contribution in [0.15, 0.2) is 0 Å². The third-order valence-electron chi connectivity index (χ3n) is 3.22. The summed E-state index contributed by atoms with van der Waals surface area (Å²) < 4.78 is 5.21. The van der Waals surface area contributed by atoms with Gasteiger partial charge in [0.15, 0.2) is 0 Å². The molecular weight excluding hydrogens is 248 g/mol. The van der Waals surface area contributed by atoms with E-state index in [0.717, 1.165) is 19.5 Å². The molecule has 1 N–H and O–H groups in total. The summed E-state index contributed by atoms with van der Waals surface area (Å²) in [5.74, 6) is -0.557. The number of carbonyl (C=O) groups excluding carboxylic acids is 1. The molecule has 0 aromatic heterocycles. The predicted octanol–water partition coefficient (Wildman–Crippen LogP) is 0.422. The lowest BCUT2D eigenvalue weighted by atomic mass is 10.2. The number of carbonyl (C=O) groups is 2. The predicted molar refractivity (Wildman–Crippen MR) is 71.0 cm³/mol. The molecule has 19 heavy (non-hydrogen) atoms. The molecule has 0 saturated carbocycles. The summed E-state index contributed by atoms with van der Waals surface area (Å²) >= 11 is 0. The van der Waals surface area contributed by atoms with Crippen LogP contribution in [-0.2, 0) is 14.3 Å². The first-order valence-corrected chi connectivity index (χ1v) is 6.85. The number of hydrogen-bond donors (Lipinski definition) is 1. The third kappa shape index (κ3) is 7.12. The highest BCUT2D eigenvalue weighted by Crippen LogP contribution is 2.03. The van der Waals surface area contributed by atoms with Gasteiger partial charge in [-0.2, -0.15) is 0 Å². The van der Waals surface area contributed by atoms with Gasteiger partial charge in [0.2, 0.25) is 5.91 Å². The first-order chi connectivity index (χ1) is 9.09. The van der Waals surface area contributed by atoms with Gasteiger partial charge in [-0.05, 0) is 33.0 Å². The molecule has 0 bridgehead atoms. The zero-order valence-corrected chi connectivity index (χ0v) is 11.6. The molecule has 1 aliphatic rings. The second-order valence-corrected chi connectivity index (χ2v) is 4.90. The topological polar surface area (TPSA) is 70.1 Å². The molecule has 1 fully saturated rings. The highest BCUT2D eigenvalue weighted by Gasteiger charge is 2.16. The first kappa shape index (κ1) is 15.9. The number of hydrogen-bond acceptors (Lipinski definition) is 4. The molecule has 110 valence electrons. The minimum absolute atomic E-state index is 0.197. The Labute approximate surface area is 114 Å². The van der Waals surface area contributed by atoms with E-state index in [-0.39, 0.29) is 12.3 Å². The van der Waals surface area contributed by atoms with Crippen molar-refractivity contribution >= 4 is 11.9 Å². The molecule has 6 heteroatoms. The van der Waals surface area contributed by atoms with E-state index < -0.39 is 5.97 Å². The molecule has 1 aliphatic heterocycles. The first-order valence-electron chi connectivity index (χ1n) is 6.85. The van der Waals surface area contributed by atoms with Crippen LogP contribution in [-0.4, -0.2) is 73.2 Å². The maximum Gasteiger partial charge on any atom is 0.303 e. The van der Waals surface area contributed by atoms with E-state index in [9.17, 15) is 9.59 Å². The van der Waals surface area contributed by atoms with Crippen molar-refractivity contribution in [3.63, 3.8) is 0 Å². The van der Waals surface area contributed by atoms with Crippen LogP contribution in [0.3, 0.4) is 0 Å². The van der Waals surface area contributed by atoms with Gasteiger partial charge in [-0.25, -0.2) is 0 Å². The summed E-state index contributed by atoms with van der Waals surface area (Å²) in [5.41, 5.74) is 0. The number of amides is 1. The van der Waals surface area contributed by atoms with Crippen LogP contribution in [0.25, 0.3) is 0 Å². The molecule has 0 aromatic rings. The van der Waals surface area contributed by atoms with Gasteiger partial charge in [0.1, 0.15) is 0 Å². The van der Waals surface area contributed by atoms with Gasteiger partial charge in [0, 0.05) is 25.9 Å². The molecule has 0 spiro atoms. The smallest absolute Gasteiger partial charge is 0.303 e. The molecule has 1 rings (SSSR count). The van der Waals surface area contributed by atoms with Crippen molar-refractivity contribution in [1.82, 2.24) is 9.80 Å². The molecule has 0 aliphatic carbocycles. The van der Waals surface area contributed by atoms with Crippen LogP contribution < -0.4 is 0 Å². The summed E-state index contributed by atoms with van der Waals surface area (Å²) in [5, 5.41) is 8.54. The van der Waals surface area contributed by atoms with Crippen LogP contribution in [0.4, 0.5) is 0 Å². The van der Waals surface area contributed by atoms with Crippen molar-refractivity contribution in [2.75, 3.05) is 46.4 Å². The summed E-state index contributed by atoms with van der Waals surface area (Å²) in [6.45, 7) is 4.27. The molecule has 6 nitrogen and oxygen atoms in total. The quantitative estimate of drug-likeness (QED) is 0.693. The molecule has 0 unspecified atom stereocenters. The number of morpholine rings is 1. The average molecular weight is 272 g/mol. The third-order valence-corrected chi connectivity index (χ3v) is 3.22. The molecule has 1 saturated heterocycles. The van der Waals surface area contributed by atoms with Crippen molar-refractivity contribution < 1.29 is 19.4 Å². The van der Waals surface area contributed by atoms with E-state index >= 15 is 0 Å². The van der Waals surface area contributed by atoms with Gasteiger partial charge in [-0.1, -0.05) is 0 Å². The second kappa shape index (κ2) is 8.87.